The lowest BCUT2D eigenvalue weighted by atomic mass is 10.1. The fourth-order valence-electron chi connectivity index (χ4n) is 2.69. The van der Waals surface area contributed by atoms with Crippen molar-refractivity contribution in [1.29, 1.82) is 0 Å². The third-order valence-corrected chi connectivity index (χ3v) is 3.70. The Hall–Kier alpha value is -1.68. The van der Waals surface area contributed by atoms with Crippen LogP contribution in [0.2, 0.25) is 0 Å². The van der Waals surface area contributed by atoms with E-state index in [1.165, 1.54) is 24.8 Å². The monoisotopic (exact) mass is 256 g/mol. The Morgan fingerprint density at radius 2 is 2.16 bits per heavy atom. The van der Waals surface area contributed by atoms with Crippen LogP contribution in [0.25, 0.3) is 0 Å². The van der Waals surface area contributed by atoms with Gasteiger partial charge in [0, 0.05) is 19.3 Å². The molecular formula is C15H20N4. The minimum atomic E-state index is 0.928. The second-order valence-electron chi connectivity index (χ2n) is 5.15. The van der Waals surface area contributed by atoms with Gasteiger partial charge >= 0.3 is 0 Å². The zero-order valence-corrected chi connectivity index (χ0v) is 11.2. The molecule has 0 atom stereocenters. The number of hydrogen-bond acceptors (Lipinski definition) is 3. The number of nitrogens with zero attached hydrogens (tertiary/aromatic N) is 3. The molecule has 4 heteroatoms. The molecule has 0 amide bonds. The molecule has 0 aliphatic heterocycles. The summed E-state index contributed by atoms with van der Waals surface area (Å²) in [6.07, 6.45) is 8.55. The molecule has 0 unspecified atom stereocenters. The van der Waals surface area contributed by atoms with Crippen molar-refractivity contribution in [2.45, 2.75) is 38.8 Å². The van der Waals surface area contributed by atoms with Crippen molar-refractivity contribution < 1.29 is 0 Å². The average molecular weight is 256 g/mol. The lowest BCUT2D eigenvalue weighted by Crippen LogP contribution is -2.16. The Labute approximate surface area is 113 Å². The summed E-state index contributed by atoms with van der Waals surface area (Å²) >= 11 is 0. The topological polar surface area (TPSA) is 42.7 Å². The highest BCUT2D eigenvalue weighted by Gasteiger charge is 2.10. The number of aryl methyl sites for hydroxylation is 3. The largest absolute Gasteiger partial charge is 0.313 e. The Balaban J connectivity index is 1.40. The maximum Gasteiger partial charge on any atom is 0.0692 e. The first-order chi connectivity index (χ1) is 9.42. The minimum absolute atomic E-state index is 0.928. The minimum Gasteiger partial charge on any atom is -0.313 e. The summed E-state index contributed by atoms with van der Waals surface area (Å²) < 4.78 is 1.87. The van der Waals surface area contributed by atoms with E-state index in [2.05, 4.69) is 33.8 Å². The van der Waals surface area contributed by atoms with E-state index in [4.69, 9.17) is 0 Å². The normalized spacial score (nSPS) is 13.7. The summed E-state index contributed by atoms with van der Waals surface area (Å²) in [5.41, 5.74) is 4.51. The third-order valence-electron chi connectivity index (χ3n) is 3.70. The van der Waals surface area contributed by atoms with Crippen LogP contribution in [0.3, 0.4) is 0 Å². The number of benzene rings is 1. The van der Waals surface area contributed by atoms with Crippen LogP contribution in [0.1, 0.15) is 29.5 Å². The van der Waals surface area contributed by atoms with Gasteiger partial charge in [0.15, 0.2) is 0 Å². The van der Waals surface area contributed by atoms with Gasteiger partial charge < -0.3 is 5.32 Å². The molecule has 2 aromatic rings. The number of fused-ring (bicyclic) bond motifs is 1. The predicted molar refractivity (Wildman–Crippen MR) is 74.8 cm³/mol. The summed E-state index contributed by atoms with van der Waals surface area (Å²) in [4.78, 5) is 0. The van der Waals surface area contributed by atoms with E-state index >= 15 is 0 Å². The summed E-state index contributed by atoms with van der Waals surface area (Å²) in [6, 6.07) is 6.93. The molecular weight excluding hydrogens is 236 g/mol. The molecule has 1 heterocycles. The average Bonchev–Trinajstić information content (AvgIpc) is 3.08. The molecule has 19 heavy (non-hydrogen) atoms. The molecule has 1 aliphatic rings. The molecule has 3 rings (SSSR count). The van der Waals surface area contributed by atoms with E-state index in [1.807, 2.05) is 10.9 Å². The summed E-state index contributed by atoms with van der Waals surface area (Å²) in [7, 11) is 0. The molecule has 0 fully saturated rings. The van der Waals surface area contributed by atoms with Gasteiger partial charge in [0.25, 0.3) is 0 Å². The quantitative estimate of drug-likeness (QED) is 0.803. The standard InChI is InChI=1S/C15H20N4/c1-3-14-6-5-13(11-15(14)4-1)12-16-7-2-9-19-10-8-17-18-19/h5-6,8,10-11,16H,1-4,7,9,12H2. The first-order valence-electron chi connectivity index (χ1n) is 7.07. The summed E-state index contributed by atoms with van der Waals surface area (Å²) in [5, 5.41) is 11.2. The van der Waals surface area contributed by atoms with Gasteiger partial charge in [-0.05, 0) is 48.9 Å². The van der Waals surface area contributed by atoms with Crippen LogP contribution in [-0.2, 0) is 25.9 Å². The van der Waals surface area contributed by atoms with Crippen molar-refractivity contribution in [2.75, 3.05) is 6.54 Å². The lowest BCUT2D eigenvalue weighted by molar-refractivity contribution is 0.530. The fourth-order valence-corrected chi connectivity index (χ4v) is 2.69. The highest BCUT2D eigenvalue weighted by molar-refractivity contribution is 5.35. The zero-order chi connectivity index (χ0) is 12.9. The smallest absolute Gasteiger partial charge is 0.0692 e. The van der Waals surface area contributed by atoms with Crippen LogP contribution in [-0.4, -0.2) is 21.5 Å². The van der Waals surface area contributed by atoms with E-state index < -0.39 is 0 Å². The summed E-state index contributed by atoms with van der Waals surface area (Å²) in [6.45, 7) is 2.90. The van der Waals surface area contributed by atoms with Crippen molar-refractivity contribution in [3.8, 4) is 0 Å². The van der Waals surface area contributed by atoms with Gasteiger partial charge in [-0.15, -0.1) is 5.10 Å². The van der Waals surface area contributed by atoms with Crippen LogP contribution in [0, 0.1) is 0 Å². The van der Waals surface area contributed by atoms with E-state index in [0.717, 1.165) is 26.1 Å². The molecule has 0 bridgehead atoms. The SMILES string of the molecule is c1cn(CCCNCc2ccc3c(c2)CCC3)nn1. The Morgan fingerprint density at radius 3 is 3.05 bits per heavy atom. The van der Waals surface area contributed by atoms with Gasteiger partial charge in [0.2, 0.25) is 0 Å². The Morgan fingerprint density at radius 1 is 1.21 bits per heavy atom. The van der Waals surface area contributed by atoms with Crippen LogP contribution in [0.15, 0.2) is 30.6 Å². The van der Waals surface area contributed by atoms with Crippen LogP contribution in [0.4, 0.5) is 0 Å². The Bertz CT molecular complexity index is 519. The van der Waals surface area contributed by atoms with Crippen LogP contribution in [0.5, 0.6) is 0 Å². The van der Waals surface area contributed by atoms with Crippen LogP contribution >= 0.6 is 0 Å². The first kappa shape index (κ1) is 12.4. The third kappa shape index (κ3) is 3.20. The van der Waals surface area contributed by atoms with Gasteiger partial charge in [0.1, 0.15) is 0 Å². The van der Waals surface area contributed by atoms with E-state index in [9.17, 15) is 0 Å². The molecule has 0 radical (unpaired) electrons. The molecule has 1 aromatic heterocycles. The van der Waals surface area contributed by atoms with E-state index in [-0.39, 0.29) is 0 Å². The number of hydrogen-bond donors (Lipinski definition) is 1. The molecule has 0 saturated carbocycles. The second-order valence-corrected chi connectivity index (χ2v) is 5.15. The lowest BCUT2D eigenvalue weighted by Gasteiger charge is -2.07. The molecule has 1 aliphatic carbocycles. The maximum absolute atomic E-state index is 3.95. The van der Waals surface area contributed by atoms with Crippen molar-refractivity contribution in [2.24, 2.45) is 0 Å². The molecule has 1 N–H and O–H groups in total. The highest BCUT2D eigenvalue weighted by atomic mass is 15.4. The van der Waals surface area contributed by atoms with Gasteiger partial charge in [-0.2, -0.15) is 0 Å². The molecule has 100 valence electrons. The molecule has 1 aromatic carbocycles. The molecule has 0 spiro atoms. The first-order valence-corrected chi connectivity index (χ1v) is 7.07. The predicted octanol–water partition coefficient (Wildman–Crippen LogP) is 1.95. The van der Waals surface area contributed by atoms with Crippen LogP contribution < -0.4 is 5.32 Å². The van der Waals surface area contributed by atoms with E-state index in [1.54, 1.807) is 17.3 Å². The summed E-state index contributed by atoms with van der Waals surface area (Å²) in [5.74, 6) is 0. The van der Waals surface area contributed by atoms with Gasteiger partial charge in [-0.3, -0.25) is 4.68 Å². The second kappa shape index (κ2) is 5.97. The van der Waals surface area contributed by atoms with Crippen molar-refractivity contribution in [1.82, 2.24) is 20.3 Å². The fraction of sp³-hybridized carbons (Fsp3) is 0.467. The number of aromatic nitrogens is 3. The van der Waals surface area contributed by atoms with E-state index in [0.29, 0.717) is 0 Å². The van der Waals surface area contributed by atoms with Crippen molar-refractivity contribution in [3.05, 3.63) is 47.3 Å². The van der Waals surface area contributed by atoms with Gasteiger partial charge in [-0.1, -0.05) is 23.4 Å². The van der Waals surface area contributed by atoms with Gasteiger partial charge in [0.05, 0.1) is 6.20 Å². The number of nitrogens with one attached hydrogen (secondary N) is 1. The molecule has 4 nitrogen and oxygen atoms in total. The zero-order valence-electron chi connectivity index (χ0n) is 11.2. The van der Waals surface area contributed by atoms with Crippen molar-refractivity contribution in [3.63, 3.8) is 0 Å². The maximum atomic E-state index is 3.95. The van der Waals surface area contributed by atoms with Crippen molar-refractivity contribution >= 4 is 0 Å². The number of rotatable bonds is 6. The molecule has 0 saturated heterocycles. The Kier molecular flexibility index (Phi) is 3.89. The highest BCUT2D eigenvalue weighted by Crippen LogP contribution is 2.22. The van der Waals surface area contributed by atoms with Gasteiger partial charge in [-0.25, -0.2) is 0 Å².